The molecule has 22 heavy (non-hydrogen) atoms. The van der Waals surface area contributed by atoms with Gasteiger partial charge in [0, 0.05) is 25.1 Å². The first kappa shape index (κ1) is 16.1. The molecular formula is C15H18N4O2S. The number of thioether (sulfide) groups is 1. The molecule has 1 aromatic heterocycles. The molecular weight excluding hydrogens is 300 g/mol. The Morgan fingerprint density at radius 3 is 2.55 bits per heavy atom. The third kappa shape index (κ3) is 4.11. The molecule has 0 saturated heterocycles. The van der Waals surface area contributed by atoms with Gasteiger partial charge in [-0.05, 0) is 37.1 Å². The van der Waals surface area contributed by atoms with Gasteiger partial charge in [0.25, 0.3) is 0 Å². The number of aryl methyl sites for hydroxylation is 2. The highest BCUT2D eigenvalue weighted by atomic mass is 32.2. The molecule has 1 heterocycles. The van der Waals surface area contributed by atoms with Gasteiger partial charge < -0.3 is 5.32 Å². The molecule has 0 spiro atoms. The summed E-state index contributed by atoms with van der Waals surface area (Å²) in [5, 5.41) is 5.27. The number of hydrogen-bond acceptors (Lipinski definition) is 4. The Bertz CT molecular complexity index is 676. The smallest absolute Gasteiger partial charge is 0.321 e. The number of nitrogens with zero attached hydrogens (tertiary/aromatic N) is 2. The topological polar surface area (TPSA) is 76.0 Å². The van der Waals surface area contributed by atoms with Crippen LogP contribution in [0.15, 0.2) is 35.7 Å². The molecule has 2 aromatic rings. The standard InChI is InChI=1S/C15H18N4O2S/c1-10-6-11(2)8-12(7-10)19-5-4-17-15(19)22-9-13(20)18-14(21)16-3/h4-8H,9H2,1-3H3,(H2,16,18,20,21). The lowest BCUT2D eigenvalue weighted by molar-refractivity contribution is -0.117. The Labute approximate surface area is 133 Å². The van der Waals surface area contributed by atoms with Crippen LogP contribution in [-0.2, 0) is 4.79 Å². The molecule has 116 valence electrons. The minimum Gasteiger partial charge on any atom is -0.341 e. The second kappa shape index (κ2) is 7.13. The Morgan fingerprint density at radius 2 is 1.91 bits per heavy atom. The van der Waals surface area contributed by atoms with E-state index < -0.39 is 6.03 Å². The molecule has 1 aromatic carbocycles. The normalized spacial score (nSPS) is 10.3. The molecule has 0 aliphatic heterocycles. The first-order valence-electron chi connectivity index (χ1n) is 6.76. The van der Waals surface area contributed by atoms with Gasteiger partial charge in [-0.2, -0.15) is 0 Å². The second-order valence-corrected chi connectivity index (χ2v) is 5.78. The molecule has 6 nitrogen and oxygen atoms in total. The molecule has 2 rings (SSSR count). The highest BCUT2D eigenvalue weighted by Gasteiger charge is 2.11. The summed E-state index contributed by atoms with van der Waals surface area (Å²) in [4.78, 5) is 27.0. The van der Waals surface area contributed by atoms with Gasteiger partial charge in [-0.15, -0.1) is 0 Å². The van der Waals surface area contributed by atoms with Crippen molar-refractivity contribution in [3.8, 4) is 5.69 Å². The highest BCUT2D eigenvalue weighted by molar-refractivity contribution is 7.99. The number of urea groups is 1. The van der Waals surface area contributed by atoms with Crippen LogP contribution in [0, 0.1) is 13.8 Å². The summed E-state index contributed by atoms with van der Waals surface area (Å²) in [5.41, 5.74) is 3.33. The lowest BCUT2D eigenvalue weighted by Crippen LogP contribution is -2.38. The molecule has 0 saturated carbocycles. The first-order valence-corrected chi connectivity index (χ1v) is 7.74. The minimum absolute atomic E-state index is 0.120. The molecule has 7 heteroatoms. The van der Waals surface area contributed by atoms with Gasteiger partial charge in [-0.3, -0.25) is 14.7 Å². The number of amides is 3. The van der Waals surface area contributed by atoms with E-state index in [9.17, 15) is 9.59 Å². The summed E-state index contributed by atoms with van der Waals surface area (Å²) in [6.07, 6.45) is 3.55. The summed E-state index contributed by atoms with van der Waals surface area (Å²) in [6.45, 7) is 4.08. The fourth-order valence-corrected chi connectivity index (χ4v) is 2.81. The van der Waals surface area contributed by atoms with Crippen LogP contribution in [0.5, 0.6) is 0 Å². The molecule has 0 radical (unpaired) electrons. The van der Waals surface area contributed by atoms with E-state index in [0.717, 1.165) is 16.8 Å². The van der Waals surface area contributed by atoms with E-state index in [4.69, 9.17) is 0 Å². The van der Waals surface area contributed by atoms with Crippen molar-refractivity contribution in [3.63, 3.8) is 0 Å². The van der Waals surface area contributed by atoms with Crippen molar-refractivity contribution in [2.75, 3.05) is 12.8 Å². The summed E-state index contributed by atoms with van der Waals surface area (Å²) >= 11 is 1.28. The van der Waals surface area contributed by atoms with Gasteiger partial charge in [0.15, 0.2) is 5.16 Å². The predicted octanol–water partition coefficient (Wildman–Crippen LogP) is 2.04. The van der Waals surface area contributed by atoms with Crippen LogP contribution in [0.3, 0.4) is 0 Å². The van der Waals surface area contributed by atoms with E-state index in [1.165, 1.54) is 18.8 Å². The van der Waals surface area contributed by atoms with Crippen LogP contribution in [0.1, 0.15) is 11.1 Å². The average Bonchev–Trinajstić information content (AvgIpc) is 2.92. The zero-order valence-electron chi connectivity index (χ0n) is 12.7. The average molecular weight is 318 g/mol. The van der Waals surface area contributed by atoms with Crippen molar-refractivity contribution < 1.29 is 9.59 Å². The van der Waals surface area contributed by atoms with Gasteiger partial charge in [0.2, 0.25) is 5.91 Å². The maximum Gasteiger partial charge on any atom is 0.321 e. The van der Waals surface area contributed by atoms with Crippen molar-refractivity contribution in [3.05, 3.63) is 41.7 Å². The van der Waals surface area contributed by atoms with E-state index in [0.29, 0.717) is 5.16 Å². The van der Waals surface area contributed by atoms with Crippen LogP contribution < -0.4 is 10.6 Å². The molecule has 0 atom stereocenters. The third-order valence-electron chi connectivity index (χ3n) is 2.90. The van der Waals surface area contributed by atoms with Crippen LogP contribution in [0.2, 0.25) is 0 Å². The maximum atomic E-state index is 11.6. The number of hydrogen-bond donors (Lipinski definition) is 2. The van der Waals surface area contributed by atoms with E-state index >= 15 is 0 Å². The molecule has 3 amide bonds. The van der Waals surface area contributed by atoms with Crippen LogP contribution in [0.4, 0.5) is 4.79 Å². The number of nitrogens with one attached hydrogen (secondary N) is 2. The Hall–Kier alpha value is -2.28. The van der Waals surface area contributed by atoms with Crippen molar-refractivity contribution >= 4 is 23.7 Å². The Morgan fingerprint density at radius 1 is 1.23 bits per heavy atom. The van der Waals surface area contributed by atoms with E-state index in [-0.39, 0.29) is 11.7 Å². The van der Waals surface area contributed by atoms with Gasteiger partial charge >= 0.3 is 6.03 Å². The van der Waals surface area contributed by atoms with Crippen molar-refractivity contribution in [2.45, 2.75) is 19.0 Å². The predicted molar refractivity (Wildman–Crippen MR) is 86.4 cm³/mol. The van der Waals surface area contributed by atoms with E-state index in [2.05, 4.69) is 33.8 Å². The zero-order valence-corrected chi connectivity index (χ0v) is 13.5. The number of rotatable bonds is 4. The largest absolute Gasteiger partial charge is 0.341 e. The van der Waals surface area contributed by atoms with Gasteiger partial charge in [0.1, 0.15) is 0 Å². The van der Waals surface area contributed by atoms with Crippen LogP contribution in [-0.4, -0.2) is 34.3 Å². The number of aromatic nitrogens is 2. The van der Waals surface area contributed by atoms with Gasteiger partial charge in [0.05, 0.1) is 5.75 Å². The fraction of sp³-hybridized carbons (Fsp3) is 0.267. The number of imidazole rings is 1. The van der Waals surface area contributed by atoms with Crippen molar-refractivity contribution in [2.24, 2.45) is 0 Å². The highest BCUT2D eigenvalue weighted by Crippen LogP contribution is 2.21. The Kier molecular flexibility index (Phi) is 5.21. The fourth-order valence-electron chi connectivity index (χ4n) is 2.04. The summed E-state index contributed by atoms with van der Waals surface area (Å²) < 4.78 is 1.93. The molecule has 2 N–H and O–H groups in total. The molecule has 0 aliphatic rings. The number of carbonyl (C=O) groups is 2. The maximum absolute atomic E-state index is 11.6. The van der Waals surface area contributed by atoms with Crippen LogP contribution >= 0.6 is 11.8 Å². The third-order valence-corrected chi connectivity index (χ3v) is 3.87. The van der Waals surface area contributed by atoms with Gasteiger partial charge in [-0.25, -0.2) is 9.78 Å². The first-order chi connectivity index (χ1) is 10.5. The van der Waals surface area contributed by atoms with Crippen molar-refractivity contribution in [1.82, 2.24) is 20.2 Å². The lowest BCUT2D eigenvalue weighted by atomic mass is 10.1. The summed E-state index contributed by atoms with van der Waals surface area (Å²) in [6, 6.07) is 5.71. The zero-order chi connectivity index (χ0) is 16.1. The van der Waals surface area contributed by atoms with Crippen LogP contribution in [0.25, 0.3) is 5.69 Å². The SMILES string of the molecule is CNC(=O)NC(=O)CSc1nccn1-c1cc(C)cc(C)c1. The van der Waals surface area contributed by atoms with E-state index in [1.54, 1.807) is 6.20 Å². The number of benzene rings is 1. The van der Waals surface area contributed by atoms with Crippen molar-refractivity contribution in [1.29, 1.82) is 0 Å². The molecule has 0 aliphatic carbocycles. The lowest BCUT2D eigenvalue weighted by Gasteiger charge is -2.09. The molecule has 0 unspecified atom stereocenters. The quantitative estimate of drug-likeness (QED) is 0.846. The monoisotopic (exact) mass is 318 g/mol. The molecule has 0 bridgehead atoms. The van der Waals surface area contributed by atoms with E-state index in [1.807, 2.05) is 24.6 Å². The van der Waals surface area contributed by atoms with Gasteiger partial charge in [-0.1, -0.05) is 17.8 Å². The summed E-state index contributed by atoms with van der Waals surface area (Å²) in [5.74, 6) is -0.241. The summed E-state index contributed by atoms with van der Waals surface area (Å²) in [7, 11) is 1.46. The molecule has 0 fully saturated rings. The Balaban J connectivity index is 2.10. The minimum atomic E-state index is -0.511. The number of imide groups is 1. The second-order valence-electron chi connectivity index (χ2n) is 4.84. The number of carbonyl (C=O) groups excluding carboxylic acids is 2.